The first-order chi connectivity index (χ1) is 5.91. The van der Waals surface area contributed by atoms with E-state index in [1.54, 1.807) is 0 Å². The van der Waals surface area contributed by atoms with E-state index in [9.17, 15) is 0 Å². The predicted molar refractivity (Wildman–Crippen MR) is 74.9 cm³/mol. The summed E-state index contributed by atoms with van der Waals surface area (Å²) in [5.74, 6) is 0. The maximum atomic E-state index is 5.53. The van der Waals surface area contributed by atoms with Gasteiger partial charge in [0.1, 0.15) is 0 Å². The normalized spacial score (nSPS) is 19.2. The second-order valence-electron chi connectivity index (χ2n) is 3.12. The Hall–Kier alpha value is 1.79. The Morgan fingerprint density at radius 3 is 1.64 bits per heavy atom. The second kappa shape index (κ2) is 8.89. The number of rotatable bonds is 6. The van der Waals surface area contributed by atoms with Gasteiger partial charge in [-0.15, -0.1) is 0 Å². The molecule has 14 heavy (non-hydrogen) atoms. The third kappa shape index (κ3) is 9.05. The summed E-state index contributed by atoms with van der Waals surface area (Å²) < 4.78 is 11.1. The molecule has 0 aliphatic heterocycles. The molecular weight excluding hydrogens is 338 g/mol. The van der Waals surface area contributed by atoms with E-state index in [-0.39, 0.29) is 38.1 Å². The molecule has 0 amide bonds. The molecule has 86 valence electrons. The third-order valence-corrected chi connectivity index (χ3v) is 4.11. The van der Waals surface area contributed by atoms with Crippen LogP contribution in [0.15, 0.2) is 0 Å². The molecule has 0 fully saturated rings. The second-order valence-corrected chi connectivity index (χ2v) is 8.31. The number of hydrogen-bond donors (Lipinski definition) is 1. The Kier molecular flexibility index (Phi) is 11.5. The monoisotopic (exact) mass is 360 g/mol. The molecule has 0 N–H and O–H groups in total. The van der Waals surface area contributed by atoms with Gasteiger partial charge in [-0.25, -0.2) is 0 Å². The standard InChI is InChI=1S/C8H19O2PS2.In.3H/c1-5-7(3)9-11(12,13)10-8(4)6-2;;;;/h7-8H,5-6H2,1-4H3,(H,12,13);;;;. The fourth-order valence-electron chi connectivity index (χ4n) is 0.629. The van der Waals surface area contributed by atoms with Crippen LogP contribution in [0.1, 0.15) is 40.5 Å². The molecule has 0 bridgehead atoms. The molecule has 0 spiro atoms. The zero-order valence-electron chi connectivity index (χ0n) is 8.69. The van der Waals surface area contributed by atoms with Crippen LogP contribution in [0.25, 0.3) is 0 Å². The van der Waals surface area contributed by atoms with Crippen molar-refractivity contribution < 1.29 is 9.05 Å². The molecule has 0 aromatic rings. The average Bonchev–Trinajstić information content (AvgIpc) is 2.02. The van der Waals surface area contributed by atoms with E-state index in [4.69, 9.17) is 20.9 Å². The van der Waals surface area contributed by atoms with Crippen LogP contribution in [-0.2, 0) is 20.9 Å². The molecule has 0 aliphatic carbocycles. The first-order valence-corrected chi connectivity index (χ1v) is 8.40. The van der Waals surface area contributed by atoms with Crippen molar-refractivity contribution in [3.05, 3.63) is 0 Å². The predicted octanol–water partition coefficient (Wildman–Crippen LogP) is 2.59. The first-order valence-electron chi connectivity index (χ1n) is 4.60. The molecular formula is C8H22InO2PS2. The Balaban J connectivity index is 0. The van der Waals surface area contributed by atoms with Gasteiger partial charge in [-0.3, -0.25) is 0 Å². The SMILES string of the molecule is CCC(C)OP(=S)(S)OC(C)CC.[InH3]. The van der Waals surface area contributed by atoms with Gasteiger partial charge in [0.15, 0.2) is 0 Å². The van der Waals surface area contributed by atoms with Crippen molar-refractivity contribution in [1.29, 1.82) is 0 Å². The molecule has 0 aliphatic rings. The molecule has 2 unspecified atom stereocenters. The van der Waals surface area contributed by atoms with Crippen molar-refractivity contribution in [2.75, 3.05) is 0 Å². The van der Waals surface area contributed by atoms with E-state index in [0.717, 1.165) is 12.8 Å². The first kappa shape index (κ1) is 18.2. The fourth-order valence-corrected chi connectivity index (χ4v) is 3.73. The van der Waals surface area contributed by atoms with E-state index in [2.05, 4.69) is 26.1 Å². The molecule has 0 rings (SSSR count). The Morgan fingerprint density at radius 2 is 1.43 bits per heavy atom. The average molecular weight is 360 g/mol. The molecule has 2 atom stereocenters. The van der Waals surface area contributed by atoms with E-state index in [1.165, 1.54) is 0 Å². The molecule has 0 radical (unpaired) electrons. The zero-order chi connectivity index (χ0) is 10.5. The van der Waals surface area contributed by atoms with Crippen molar-refractivity contribution in [3.63, 3.8) is 0 Å². The maximum absolute atomic E-state index is 5.53. The van der Waals surface area contributed by atoms with Crippen molar-refractivity contribution in [1.82, 2.24) is 0 Å². The van der Waals surface area contributed by atoms with Gasteiger partial charge in [0.05, 0.1) is 12.2 Å². The van der Waals surface area contributed by atoms with E-state index in [0.29, 0.717) is 0 Å². The van der Waals surface area contributed by atoms with Crippen LogP contribution in [0.2, 0.25) is 0 Å². The van der Waals surface area contributed by atoms with Crippen molar-refractivity contribution in [2.24, 2.45) is 0 Å². The Labute approximate surface area is 117 Å². The van der Waals surface area contributed by atoms with E-state index >= 15 is 0 Å². The molecule has 0 saturated carbocycles. The quantitative estimate of drug-likeness (QED) is 0.580. The topological polar surface area (TPSA) is 18.5 Å². The molecule has 2 nitrogen and oxygen atoms in total. The van der Waals surface area contributed by atoms with Gasteiger partial charge >= 0.3 is 25.8 Å². The summed E-state index contributed by atoms with van der Waals surface area (Å²) in [6.45, 7) is 8.07. The zero-order valence-corrected chi connectivity index (χ0v) is 11.3. The fraction of sp³-hybridized carbons (Fsp3) is 1.00. The molecule has 0 heterocycles. The van der Waals surface area contributed by atoms with Gasteiger partial charge in [-0.2, -0.15) is 0 Å². The summed E-state index contributed by atoms with van der Waals surface area (Å²) in [5.41, 5.74) is -2.31. The minimum absolute atomic E-state index is 0. The van der Waals surface area contributed by atoms with Crippen LogP contribution < -0.4 is 0 Å². The molecule has 0 saturated heterocycles. The van der Waals surface area contributed by atoms with Crippen LogP contribution >= 0.6 is 17.9 Å². The van der Waals surface area contributed by atoms with Crippen LogP contribution in [0.3, 0.4) is 0 Å². The molecule has 0 aromatic carbocycles. The van der Waals surface area contributed by atoms with Crippen LogP contribution in [0.4, 0.5) is 0 Å². The summed E-state index contributed by atoms with van der Waals surface area (Å²) in [7, 11) is 0. The van der Waals surface area contributed by atoms with Crippen LogP contribution in [0, 0.1) is 0 Å². The molecule has 0 aromatic heterocycles. The van der Waals surface area contributed by atoms with Gasteiger partial charge in [0.25, 0.3) is 0 Å². The third-order valence-electron chi connectivity index (χ3n) is 1.78. The van der Waals surface area contributed by atoms with Gasteiger partial charge in [-0.05, 0) is 38.5 Å². The molecule has 6 heteroatoms. The summed E-state index contributed by atoms with van der Waals surface area (Å²) in [6, 6.07) is 0. The van der Waals surface area contributed by atoms with Gasteiger partial charge in [-0.1, -0.05) is 26.1 Å². The number of thiol groups is 1. The van der Waals surface area contributed by atoms with Gasteiger partial charge < -0.3 is 9.05 Å². The number of hydrogen-bond acceptors (Lipinski definition) is 3. The van der Waals surface area contributed by atoms with Crippen LogP contribution in [0.5, 0.6) is 0 Å². The minimum atomic E-state index is -2.31. The van der Waals surface area contributed by atoms with Crippen molar-refractivity contribution >= 4 is 55.6 Å². The van der Waals surface area contributed by atoms with Crippen molar-refractivity contribution in [3.8, 4) is 0 Å². The van der Waals surface area contributed by atoms with Crippen molar-refractivity contribution in [2.45, 2.75) is 52.7 Å². The van der Waals surface area contributed by atoms with Gasteiger partial charge in [0.2, 0.25) is 5.69 Å². The Morgan fingerprint density at radius 1 is 1.14 bits per heavy atom. The Bertz CT molecular complexity index is 176. The van der Waals surface area contributed by atoms with Crippen LogP contribution in [-0.4, -0.2) is 38.1 Å². The van der Waals surface area contributed by atoms with Gasteiger partial charge in [0, 0.05) is 0 Å². The summed E-state index contributed by atoms with van der Waals surface area (Å²) >= 11 is 9.41. The van der Waals surface area contributed by atoms with E-state index < -0.39 is 5.69 Å². The van der Waals surface area contributed by atoms with E-state index in [1.807, 2.05) is 13.8 Å². The summed E-state index contributed by atoms with van der Waals surface area (Å²) in [6.07, 6.45) is 2.13. The summed E-state index contributed by atoms with van der Waals surface area (Å²) in [5, 5.41) is 0. The summed E-state index contributed by atoms with van der Waals surface area (Å²) in [4.78, 5) is 0.